The average Bonchev–Trinajstić information content (AvgIpc) is 1.81. The van der Waals surface area contributed by atoms with E-state index in [4.69, 9.17) is 0 Å². The summed E-state index contributed by atoms with van der Waals surface area (Å²) in [5.41, 5.74) is 0.560. The van der Waals surface area contributed by atoms with Crippen LogP contribution in [0.15, 0.2) is 0 Å². The molecule has 0 saturated carbocycles. The molecule has 0 unspecified atom stereocenters. The van der Waals surface area contributed by atoms with Gasteiger partial charge in [0.15, 0.2) is 0 Å². The van der Waals surface area contributed by atoms with Gasteiger partial charge in [-0.2, -0.15) is 0 Å². The predicted molar refractivity (Wildman–Crippen MR) is 44.1 cm³/mol. The number of likely N-dealkylation sites (tertiary alicyclic amines) is 1. The molecule has 10 heavy (non-hydrogen) atoms. The van der Waals surface area contributed by atoms with Crippen LogP contribution in [-0.4, -0.2) is 38.1 Å². The smallest absolute Gasteiger partial charge is 0.00570 e. The van der Waals surface area contributed by atoms with Crippen molar-refractivity contribution in [2.75, 3.05) is 33.2 Å². The number of nitrogens with zero attached hydrogens (tertiary/aromatic N) is 1. The van der Waals surface area contributed by atoms with Crippen LogP contribution >= 0.6 is 0 Å². The van der Waals surface area contributed by atoms with Gasteiger partial charge in [0.25, 0.3) is 0 Å². The maximum absolute atomic E-state index is 3.38. The van der Waals surface area contributed by atoms with Crippen molar-refractivity contribution in [1.29, 1.82) is 0 Å². The molecule has 0 aromatic carbocycles. The first-order valence-electron chi connectivity index (χ1n) is 4.05. The Balaban J connectivity index is 2.15. The highest BCUT2D eigenvalue weighted by atomic mass is 15.2. The molecule has 0 spiro atoms. The predicted octanol–water partition coefficient (Wildman–Crippen LogP) is 0.548. The fourth-order valence-electron chi connectivity index (χ4n) is 1.80. The second kappa shape index (κ2) is 2.89. The van der Waals surface area contributed by atoms with Crippen LogP contribution in [0.5, 0.6) is 0 Å². The number of rotatable bonds is 3. The van der Waals surface area contributed by atoms with Gasteiger partial charge in [0.2, 0.25) is 0 Å². The minimum Gasteiger partial charge on any atom is -0.316 e. The molecule has 1 aliphatic rings. The number of hydrogen-bond donors (Lipinski definition) is 1. The van der Waals surface area contributed by atoms with Gasteiger partial charge in [0.05, 0.1) is 0 Å². The third kappa shape index (κ3) is 1.70. The van der Waals surface area contributed by atoms with E-state index in [0.717, 1.165) is 6.54 Å². The molecular weight excluding hydrogens is 124 g/mol. The molecule has 1 N–H and O–H groups in total. The van der Waals surface area contributed by atoms with E-state index >= 15 is 0 Å². The van der Waals surface area contributed by atoms with E-state index in [1.165, 1.54) is 19.6 Å². The molecule has 1 rings (SSSR count). The van der Waals surface area contributed by atoms with Crippen molar-refractivity contribution in [3.8, 4) is 0 Å². The first-order chi connectivity index (χ1) is 4.66. The highest BCUT2D eigenvalue weighted by Gasteiger charge is 2.35. The Morgan fingerprint density at radius 3 is 2.50 bits per heavy atom. The van der Waals surface area contributed by atoms with E-state index < -0.39 is 0 Å². The summed E-state index contributed by atoms with van der Waals surface area (Å²) in [5.74, 6) is 0. The molecule has 1 fully saturated rings. The lowest BCUT2D eigenvalue weighted by Crippen LogP contribution is -2.56. The molecule has 1 saturated heterocycles. The molecule has 2 nitrogen and oxygen atoms in total. The Morgan fingerprint density at radius 1 is 1.50 bits per heavy atom. The Morgan fingerprint density at radius 2 is 2.10 bits per heavy atom. The second-order valence-electron chi connectivity index (χ2n) is 3.76. The standard InChI is InChI=1S/C8H18N2/c1-4-9-5-8(2)6-10(3)7-8/h9H,4-7H2,1-3H3. The highest BCUT2D eigenvalue weighted by molar-refractivity contribution is 4.90. The largest absolute Gasteiger partial charge is 0.316 e. The summed E-state index contributed by atoms with van der Waals surface area (Å²) >= 11 is 0. The van der Waals surface area contributed by atoms with Crippen molar-refractivity contribution in [1.82, 2.24) is 10.2 Å². The highest BCUT2D eigenvalue weighted by Crippen LogP contribution is 2.26. The van der Waals surface area contributed by atoms with Gasteiger partial charge in [-0.15, -0.1) is 0 Å². The number of hydrogen-bond acceptors (Lipinski definition) is 2. The number of nitrogens with one attached hydrogen (secondary N) is 1. The van der Waals surface area contributed by atoms with E-state index in [-0.39, 0.29) is 0 Å². The second-order valence-corrected chi connectivity index (χ2v) is 3.76. The van der Waals surface area contributed by atoms with Crippen molar-refractivity contribution < 1.29 is 0 Å². The van der Waals surface area contributed by atoms with Gasteiger partial charge in [-0.05, 0) is 13.6 Å². The fourth-order valence-corrected chi connectivity index (χ4v) is 1.80. The Bertz CT molecular complexity index is 106. The van der Waals surface area contributed by atoms with Crippen LogP contribution in [0, 0.1) is 5.41 Å². The minimum absolute atomic E-state index is 0.560. The Hall–Kier alpha value is -0.0800. The normalized spacial score (nSPS) is 24.3. The Kier molecular flexibility index (Phi) is 2.32. The zero-order chi connectivity index (χ0) is 7.61. The van der Waals surface area contributed by atoms with Crippen molar-refractivity contribution >= 4 is 0 Å². The summed E-state index contributed by atoms with van der Waals surface area (Å²) in [6.45, 7) is 9.27. The molecule has 0 amide bonds. The molecule has 60 valence electrons. The first-order valence-corrected chi connectivity index (χ1v) is 4.05. The zero-order valence-electron chi connectivity index (χ0n) is 7.28. The van der Waals surface area contributed by atoms with Gasteiger partial charge < -0.3 is 10.2 Å². The molecule has 0 atom stereocenters. The molecular formula is C8H18N2. The summed E-state index contributed by atoms with van der Waals surface area (Å²) in [6, 6.07) is 0. The third-order valence-electron chi connectivity index (χ3n) is 2.11. The monoisotopic (exact) mass is 142 g/mol. The van der Waals surface area contributed by atoms with Gasteiger partial charge in [-0.25, -0.2) is 0 Å². The molecule has 0 radical (unpaired) electrons. The van der Waals surface area contributed by atoms with Crippen LogP contribution in [0.4, 0.5) is 0 Å². The summed E-state index contributed by atoms with van der Waals surface area (Å²) in [7, 11) is 2.17. The zero-order valence-corrected chi connectivity index (χ0v) is 7.28. The Labute approximate surface area is 63.6 Å². The van der Waals surface area contributed by atoms with E-state index in [2.05, 4.69) is 31.1 Å². The van der Waals surface area contributed by atoms with E-state index in [0.29, 0.717) is 5.41 Å². The van der Waals surface area contributed by atoms with E-state index in [9.17, 15) is 0 Å². The van der Waals surface area contributed by atoms with Gasteiger partial charge in [-0.3, -0.25) is 0 Å². The van der Waals surface area contributed by atoms with E-state index in [1.807, 2.05) is 0 Å². The van der Waals surface area contributed by atoms with E-state index in [1.54, 1.807) is 0 Å². The van der Waals surface area contributed by atoms with Crippen molar-refractivity contribution in [3.05, 3.63) is 0 Å². The van der Waals surface area contributed by atoms with Crippen molar-refractivity contribution in [3.63, 3.8) is 0 Å². The average molecular weight is 142 g/mol. The summed E-state index contributed by atoms with van der Waals surface area (Å²) < 4.78 is 0. The molecule has 1 aliphatic heterocycles. The SMILES string of the molecule is CCNCC1(C)CN(C)C1. The lowest BCUT2D eigenvalue weighted by molar-refractivity contribution is 0.0402. The summed E-state index contributed by atoms with van der Waals surface area (Å²) in [5, 5.41) is 3.38. The lowest BCUT2D eigenvalue weighted by Gasteiger charge is -2.46. The third-order valence-corrected chi connectivity index (χ3v) is 2.11. The topological polar surface area (TPSA) is 15.3 Å². The lowest BCUT2D eigenvalue weighted by atomic mass is 9.82. The molecule has 0 aliphatic carbocycles. The maximum Gasteiger partial charge on any atom is 0.00570 e. The molecule has 0 aromatic rings. The minimum atomic E-state index is 0.560. The van der Waals surface area contributed by atoms with Crippen LogP contribution in [0.3, 0.4) is 0 Å². The van der Waals surface area contributed by atoms with Crippen LogP contribution < -0.4 is 5.32 Å². The quantitative estimate of drug-likeness (QED) is 0.619. The van der Waals surface area contributed by atoms with Gasteiger partial charge in [0.1, 0.15) is 0 Å². The van der Waals surface area contributed by atoms with Crippen LogP contribution in [0.25, 0.3) is 0 Å². The van der Waals surface area contributed by atoms with Crippen LogP contribution in [0.2, 0.25) is 0 Å². The maximum atomic E-state index is 3.38. The summed E-state index contributed by atoms with van der Waals surface area (Å²) in [4.78, 5) is 2.36. The van der Waals surface area contributed by atoms with Gasteiger partial charge in [-0.1, -0.05) is 13.8 Å². The van der Waals surface area contributed by atoms with Crippen LogP contribution in [0.1, 0.15) is 13.8 Å². The van der Waals surface area contributed by atoms with Crippen molar-refractivity contribution in [2.45, 2.75) is 13.8 Å². The van der Waals surface area contributed by atoms with Crippen LogP contribution in [-0.2, 0) is 0 Å². The molecule has 0 bridgehead atoms. The summed E-state index contributed by atoms with van der Waals surface area (Å²) in [6.07, 6.45) is 0. The molecule has 0 aromatic heterocycles. The van der Waals surface area contributed by atoms with Crippen molar-refractivity contribution in [2.24, 2.45) is 5.41 Å². The first kappa shape index (κ1) is 8.02. The fraction of sp³-hybridized carbons (Fsp3) is 1.00. The van der Waals surface area contributed by atoms with Gasteiger partial charge in [0, 0.05) is 25.0 Å². The molecule has 2 heteroatoms. The molecule has 1 heterocycles. The van der Waals surface area contributed by atoms with Gasteiger partial charge >= 0.3 is 0 Å².